The van der Waals surface area contributed by atoms with E-state index in [1.807, 2.05) is 0 Å². The van der Waals surface area contributed by atoms with Gasteiger partial charge < -0.3 is 9.84 Å². The number of sulfone groups is 1. The first-order chi connectivity index (χ1) is 6.32. The van der Waals surface area contributed by atoms with Gasteiger partial charge in [-0.05, 0) is 13.3 Å². The monoisotopic (exact) mass is 222 g/mol. The molecule has 82 valence electrons. The van der Waals surface area contributed by atoms with E-state index >= 15 is 0 Å². The van der Waals surface area contributed by atoms with E-state index in [4.69, 9.17) is 0 Å². The third-order valence-electron chi connectivity index (χ3n) is 2.61. The number of ether oxygens (including phenoxy) is 1. The summed E-state index contributed by atoms with van der Waals surface area (Å²) in [6.45, 7) is 1.42. The topological polar surface area (TPSA) is 80.7 Å². The molecule has 0 aromatic rings. The van der Waals surface area contributed by atoms with Gasteiger partial charge in [-0.25, -0.2) is 8.42 Å². The normalized spacial score (nSPS) is 36.4. The van der Waals surface area contributed by atoms with Crippen LogP contribution in [-0.2, 0) is 19.4 Å². The Hall–Kier alpha value is -0.620. The predicted molar refractivity (Wildman–Crippen MR) is 49.4 cm³/mol. The molecule has 1 saturated heterocycles. The number of rotatable bonds is 1. The maximum atomic E-state index is 11.3. The largest absolute Gasteiger partial charge is 0.468 e. The van der Waals surface area contributed by atoms with E-state index in [9.17, 15) is 18.3 Å². The van der Waals surface area contributed by atoms with Gasteiger partial charge in [0.15, 0.2) is 9.84 Å². The fraction of sp³-hybridized carbons (Fsp3) is 0.875. The van der Waals surface area contributed by atoms with Crippen LogP contribution in [0.5, 0.6) is 0 Å². The van der Waals surface area contributed by atoms with Gasteiger partial charge in [0.25, 0.3) is 0 Å². The lowest BCUT2D eigenvalue weighted by atomic mass is 9.84. The lowest BCUT2D eigenvalue weighted by Gasteiger charge is -2.34. The SMILES string of the molecule is COC(=O)C1(C)CS(=O)(=O)CCC1O. The van der Waals surface area contributed by atoms with Crippen molar-refractivity contribution >= 4 is 15.8 Å². The van der Waals surface area contributed by atoms with Crippen LogP contribution < -0.4 is 0 Å². The second-order valence-electron chi connectivity index (χ2n) is 3.81. The van der Waals surface area contributed by atoms with E-state index in [-0.39, 0.29) is 17.9 Å². The van der Waals surface area contributed by atoms with Gasteiger partial charge >= 0.3 is 5.97 Å². The van der Waals surface area contributed by atoms with Gasteiger partial charge in [-0.1, -0.05) is 0 Å². The van der Waals surface area contributed by atoms with Crippen LogP contribution in [0, 0.1) is 5.41 Å². The Balaban J connectivity index is 3.00. The summed E-state index contributed by atoms with van der Waals surface area (Å²) in [5.74, 6) is -1.08. The molecule has 0 aromatic heterocycles. The van der Waals surface area contributed by atoms with Crippen molar-refractivity contribution in [2.45, 2.75) is 19.4 Å². The van der Waals surface area contributed by atoms with Crippen molar-refractivity contribution in [2.75, 3.05) is 18.6 Å². The molecule has 5 nitrogen and oxygen atoms in total. The smallest absolute Gasteiger partial charge is 0.315 e. The first kappa shape index (κ1) is 11.5. The first-order valence-electron chi connectivity index (χ1n) is 4.29. The molecule has 2 atom stereocenters. The van der Waals surface area contributed by atoms with Gasteiger partial charge in [0.1, 0.15) is 5.41 Å². The van der Waals surface area contributed by atoms with Crippen molar-refractivity contribution in [1.29, 1.82) is 0 Å². The summed E-state index contributed by atoms with van der Waals surface area (Å²) < 4.78 is 27.1. The highest BCUT2D eigenvalue weighted by atomic mass is 32.2. The van der Waals surface area contributed by atoms with Crippen molar-refractivity contribution in [1.82, 2.24) is 0 Å². The second kappa shape index (κ2) is 3.51. The summed E-state index contributed by atoms with van der Waals surface area (Å²) >= 11 is 0. The standard InChI is InChI=1S/C8H14O5S/c1-8(7(10)13-2)5-14(11,12)4-3-6(8)9/h6,9H,3-5H2,1-2H3. The van der Waals surface area contributed by atoms with Crippen molar-refractivity contribution in [3.63, 3.8) is 0 Å². The molecule has 0 saturated carbocycles. The number of esters is 1. The molecule has 0 spiro atoms. The summed E-state index contributed by atoms with van der Waals surface area (Å²) in [5, 5.41) is 9.60. The number of aliphatic hydroxyl groups is 1. The lowest BCUT2D eigenvalue weighted by molar-refractivity contribution is -0.157. The lowest BCUT2D eigenvalue weighted by Crippen LogP contribution is -2.50. The Bertz CT molecular complexity index is 334. The Morgan fingerprint density at radius 3 is 2.64 bits per heavy atom. The zero-order chi connectivity index (χ0) is 11.0. The highest BCUT2D eigenvalue weighted by Gasteiger charge is 2.48. The summed E-state index contributed by atoms with van der Waals surface area (Å²) in [6, 6.07) is 0. The predicted octanol–water partition coefficient (Wildman–Crippen LogP) is -0.655. The molecule has 2 unspecified atom stereocenters. The molecule has 1 aliphatic heterocycles. The molecule has 14 heavy (non-hydrogen) atoms. The fourth-order valence-corrected chi connectivity index (χ4v) is 3.61. The maximum absolute atomic E-state index is 11.3. The first-order valence-corrected chi connectivity index (χ1v) is 6.11. The van der Waals surface area contributed by atoms with Gasteiger partial charge in [0.2, 0.25) is 0 Å². The van der Waals surface area contributed by atoms with E-state index in [1.54, 1.807) is 0 Å². The van der Waals surface area contributed by atoms with Crippen LogP contribution in [0.2, 0.25) is 0 Å². The minimum atomic E-state index is -3.24. The van der Waals surface area contributed by atoms with Crippen LogP contribution >= 0.6 is 0 Å². The van der Waals surface area contributed by atoms with Crippen LogP contribution in [0.25, 0.3) is 0 Å². The van der Waals surface area contributed by atoms with Crippen molar-refractivity contribution in [2.24, 2.45) is 5.41 Å². The van der Waals surface area contributed by atoms with E-state index < -0.39 is 27.3 Å². The second-order valence-corrected chi connectivity index (χ2v) is 5.99. The molecular formula is C8H14O5S. The Morgan fingerprint density at radius 2 is 2.14 bits per heavy atom. The third kappa shape index (κ3) is 1.90. The molecule has 1 N–H and O–H groups in total. The van der Waals surface area contributed by atoms with Crippen LogP contribution in [0.15, 0.2) is 0 Å². The van der Waals surface area contributed by atoms with Gasteiger partial charge in [-0.15, -0.1) is 0 Å². The number of methoxy groups -OCH3 is 1. The number of aliphatic hydroxyl groups excluding tert-OH is 1. The number of carbonyl (C=O) groups excluding carboxylic acids is 1. The van der Waals surface area contributed by atoms with Crippen LogP contribution in [0.4, 0.5) is 0 Å². The van der Waals surface area contributed by atoms with Crippen molar-refractivity contribution < 1.29 is 23.1 Å². The Kier molecular flexibility index (Phi) is 2.87. The molecule has 6 heteroatoms. The molecule has 0 bridgehead atoms. The van der Waals surface area contributed by atoms with Gasteiger partial charge in [-0.2, -0.15) is 0 Å². The highest BCUT2D eigenvalue weighted by Crippen LogP contribution is 2.32. The molecule has 1 fully saturated rings. The number of hydrogen-bond acceptors (Lipinski definition) is 5. The molecule has 0 aliphatic carbocycles. The summed E-state index contributed by atoms with van der Waals surface area (Å²) in [4.78, 5) is 11.3. The van der Waals surface area contributed by atoms with Crippen LogP contribution in [-0.4, -0.2) is 44.2 Å². The summed E-state index contributed by atoms with van der Waals surface area (Å²) in [5.41, 5.74) is -1.31. The van der Waals surface area contributed by atoms with E-state index in [0.29, 0.717) is 0 Å². The Morgan fingerprint density at radius 1 is 1.57 bits per heavy atom. The average Bonchev–Trinajstić information content (AvgIpc) is 2.10. The van der Waals surface area contributed by atoms with E-state index in [1.165, 1.54) is 14.0 Å². The highest BCUT2D eigenvalue weighted by molar-refractivity contribution is 7.91. The Labute approximate surface area is 83.0 Å². The molecule has 0 amide bonds. The molecule has 0 aromatic carbocycles. The minimum Gasteiger partial charge on any atom is -0.468 e. The number of hydrogen-bond donors (Lipinski definition) is 1. The zero-order valence-corrected chi connectivity index (χ0v) is 9.00. The third-order valence-corrected chi connectivity index (χ3v) is 4.51. The van der Waals surface area contributed by atoms with E-state index in [2.05, 4.69) is 4.74 Å². The van der Waals surface area contributed by atoms with Gasteiger partial charge in [-0.3, -0.25) is 4.79 Å². The zero-order valence-electron chi connectivity index (χ0n) is 8.19. The number of carbonyl (C=O) groups is 1. The van der Waals surface area contributed by atoms with E-state index in [0.717, 1.165) is 0 Å². The quantitative estimate of drug-likeness (QED) is 0.596. The molecule has 1 heterocycles. The van der Waals surface area contributed by atoms with Gasteiger partial charge in [0.05, 0.1) is 24.7 Å². The molecular weight excluding hydrogens is 208 g/mol. The summed E-state index contributed by atoms with van der Waals surface area (Å²) in [6.07, 6.45) is -0.855. The van der Waals surface area contributed by atoms with Gasteiger partial charge in [0, 0.05) is 0 Å². The van der Waals surface area contributed by atoms with Crippen LogP contribution in [0.1, 0.15) is 13.3 Å². The minimum absolute atomic E-state index is 0.0687. The molecule has 1 rings (SSSR count). The van der Waals surface area contributed by atoms with Crippen LogP contribution in [0.3, 0.4) is 0 Å². The summed E-state index contributed by atoms with van der Waals surface area (Å²) in [7, 11) is -2.06. The fourth-order valence-electron chi connectivity index (χ4n) is 1.66. The van der Waals surface area contributed by atoms with Crippen molar-refractivity contribution in [3.8, 4) is 0 Å². The molecule has 1 aliphatic rings. The maximum Gasteiger partial charge on any atom is 0.315 e. The molecule has 0 radical (unpaired) electrons. The average molecular weight is 222 g/mol. The van der Waals surface area contributed by atoms with Crippen molar-refractivity contribution in [3.05, 3.63) is 0 Å².